The molecule has 128 valence electrons. The summed E-state index contributed by atoms with van der Waals surface area (Å²) in [5.41, 5.74) is 4.00. The fourth-order valence-corrected chi connectivity index (χ4v) is 3.32. The number of anilines is 3. The number of benzene rings is 2. The van der Waals surface area contributed by atoms with Gasteiger partial charge in [0, 0.05) is 28.7 Å². The Bertz CT molecular complexity index is 731. The van der Waals surface area contributed by atoms with E-state index in [0.717, 1.165) is 42.0 Å². The first-order chi connectivity index (χ1) is 11.5. The molecule has 0 amide bonds. The number of rotatable bonds is 6. The molecular formula is C18H19BrClFN2O. The van der Waals surface area contributed by atoms with Gasteiger partial charge in [-0.2, -0.15) is 0 Å². The molecule has 0 saturated carbocycles. The Kier molecular flexibility index (Phi) is 5.33. The average molecular weight is 414 g/mol. The highest BCUT2D eigenvalue weighted by Gasteiger charge is 2.37. The fraction of sp³-hybridized carbons (Fsp3) is 0.333. The molecule has 0 unspecified atom stereocenters. The Morgan fingerprint density at radius 3 is 2.54 bits per heavy atom. The van der Waals surface area contributed by atoms with Crippen molar-refractivity contribution in [2.75, 3.05) is 35.7 Å². The zero-order valence-electron chi connectivity index (χ0n) is 13.3. The second-order valence-electron chi connectivity index (χ2n) is 6.26. The Morgan fingerprint density at radius 2 is 1.96 bits per heavy atom. The number of ether oxygens (including phenoxy) is 1. The van der Waals surface area contributed by atoms with Gasteiger partial charge in [0.2, 0.25) is 0 Å². The van der Waals surface area contributed by atoms with Gasteiger partial charge in [0.1, 0.15) is 5.82 Å². The summed E-state index contributed by atoms with van der Waals surface area (Å²) in [5, 5.41) is 8.01. The molecular weight excluding hydrogens is 395 g/mol. The van der Waals surface area contributed by atoms with E-state index in [9.17, 15) is 4.39 Å². The third-order valence-electron chi connectivity index (χ3n) is 4.19. The molecule has 2 aromatic rings. The first-order valence-corrected chi connectivity index (χ1v) is 9.22. The van der Waals surface area contributed by atoms with Crippen molar-refractivity contribution in [3.8, 4) is 0 Å². The number of nitrogens with one attached hydrogen (secondary N) is 2. The van der Waals surface area contributed by atoms with Crippen LogP contribution in [0.25, 0.3) is 0 Å². The molecule has 3 nitrogen and oxygen atoms in total. The lowest BCUT2D eigenvalue weighted by Crippen LogP contribution is -2.49. The SMILES string of the molecule is Cc1cc(Nc2ccc(F)cc2Cl)ccc1NCC1(CBr)COC1. The molecule has 24 heavy (non-hydrogen) atoms. The maximum Gasteiger partial charge on any atom is 0.124 e. The first kappa shape index (κ1) is 17.5. The van der Waals surface area contributed by atoms with Crippen LogP contribution in [-0.2, 0) is 4.74 Å². The topological polar surface area (TPSA) is 33.3 Å². The van der Waals surface area contributed by atoms with Crippen LogP contribution in [0.4, 0.5) is 21.5 Å². The van der Waals surface area contributed by atoms with Crippen molar-refractivity contribution in [3.05, 3.63) is 52.8 Å². The number of hydrogen-bond acceptors (Lipinski definition) is 3. The summed E-state index contributed by atoms with van der Waals surface area (Å²) < 4.78 is 18.4. The molecule has 6 heteroatoms. The molecule has 2 aromatic carbocycles. The van der Waals surface area contributed by atoms with Gasteiger partial charge in [0.05, 0.1) is 23.9 Å². The lowest BCUT2D eigenvalue weighted by molar-refractivity contribution is -0.0885. The van der Waals surface area contributed by atoms with E-state index in [1.165, 1.54) is 12.1 Å². The van der Waals surface area contributed by atoms with Crippen molar-refractivity contribution in [2.45, 2.75) is 6.92 Å². The van der Waals surface area contributed by atoms with Crippen LogP contribution in [0.3, 0.4) is 0 Å². The maximum atomic E-state index is 13.1. The van der Waals surface area contributed by atoms with Crippen molar-refractivity contribution in [2.24, 2.45) is 5.41 Å². The van der Waals surface area contributed by atoms with Gasteiger partial charge >= 0.3 is 0 Å². The minimum Gasteiger partial charge on any atom is -0.384 e. The zero-order chi connectivity index (χ0) is 17.2. The fourth-order valence-electron chi connectivity index (χ4n) is 2.59. The Balaban J connectivity index is 1.68. The van der Waals surface area contributed by atoms with E-state index >= 15 is 0 Å². The lowest BCUT2D eigenvalue weighted by atomic mass is 9.88. The highest BCUT2D eigenvalue weighted by Crippen LogP contribution is 2.32. The Morgan fingerprint density at radius 1 is 1.21 bits per heavy atom. The molecule has 2 N–H and O–H groups in total. The summed E-state index contributed by atoms with van der Waals surface area (Å²) in [5.74, 6) is -0.345. The summed E-state index contributed by atoms with van der Waals surface area (Å²) in [7, 11) is 0. The molecule has 0 spiro atoms. The van der Waals surface area contributed by atoms with Gasteiger partial charge in [-0.05, 0) is 48.9 Å². The van der Waals surface area contributed by atoms with Gasteiger partial charge in [-0.15, -0.1) is 0 Å². The van der Waals surface area contributed by atoms with Crippen molar-refractivity contribution < 1.29 is 9.13 Å². The highest BCUT2D eigenvalue weighted by atomic mass is 79.9. The Labute approximate surface area is 154 Å². The molecule has 1 aliphatic rings. The van der Waals surface area contributed by atoms with E-state index in [0.29, 0.717) is 10.7 Å². The smallest absolute Gasteiger partial charge is 0.124 e. The second kappa shape index (κ2) is 7.30. The molecule has 1 fully saturated rings. The summed E-state index contributed by atoms with van der Waals surface area (Å²) in [6.07, 6.45) is 0. The second-order valence-corrected chi connectivity index (χ2v) is 7.23. The molecule has 1 saturated heterocycles. The molecule has 0 aliphatic carbocycles. The lowest BCUT2D eigenvalue weighted by Gasteiger charge is -2.40. The van der Waals surface area contributed by atoms with Crippen molar-refractivity contribution in [1.29, 1.82) is 0 Å². The first-order valence-electron chi connectivity index (χ1n) is 7.72. The van der Waals surface area contributed by atoms with Gasteiger partial charge in [0.15, 0.2) is 0 Å². The van der Waals surface area contributed by atoms with E-state index in [-0.39, 0.29) is 11.2 Å². The number of hydrogen-bond donors (Lipinski definition) is 2. The van der Waals surface area contributed by atoms with Crippen molar-refractivity contribution in [3.63, 3.8) is 0 Å². The quantitative estimate of drug-likeness (QED) is 0.626. The molecule has 1 heterocycles. The minimum absolute atomic E-state index is 0.186. The predicted octanol–water partition coefficient (Wildman–Crippen LogP) is 5.35. The van der Waals surface area contributed by atoms with Crippen LogP contribution < -0.4 is 10.6 Å². The van der Waals surface area contributed by atoms with E-state index < -0.39 is 0 Å². The zero-order valence-corrected chi connectivity index (χ0v) is 15.7. The minimum atomic E-state index is -0.345. The van der Waals surface area contributed by atoms with Crippen LogP contribution in [0.5, 0.6) is 0 Å². The van der Waals surface area contributed by atoms with E-state index in [1.807, 2.05) is 18.2 Å². The van der Waals surface area contributed by atoms with Gasteiger partial charge in [-0.3, -0.25) is 0 Å². The van der Waals surface area contributed by atoms with Gasteiger partial charge in [0.25, 0.3) is 0 Å². The van der Waals surface area contributed by atoms with Crippen LogP contribution in [0, 0.1) is 18.2 Å². The van der Waals surface area contributed by atoms with Crippen molar-refractivity contribution >= 4 is 44.6 Å². The molecule has 0 radical (unpaired) electrons. The van der Waals surface area contributed by atoms with Gasteiger partial charge in [-0.25, -0.2) is 4.39 Å². The summed E-state index contributed by atoms with van der Waals surface area (Å²) in [4.78, 5) is 0. The van der Waals surface area contributed by atoms with Crippen LogP contribution >= 0.6 is 27.5 Å². The predicted molar refractivity (Wildman–Crippen MR) is 101 cm³/mol. The number of alkyl halides is 1. The third-order valence-corrected chi connectivity index (χ3v) is 5.69. The summed E-state index contributed by atoms with van der Waals surface area (Å²) >= 11 is 9.62. The molecule has 0 bridgehead atoms. The van der Waals surface area contributed by atoms with Crippen molar-refractivity contribution in [1.82, 2.24) is 0 Å². The summed E-state index contributed by atoms with van der Waals surface area (Å²) in [6.45, 7) is 4.49. The molecule has 0 aromatic heterocycles. The Hall–Kier alpha value is -1.30. The standard InChI is InChI=1S/C18H19BrClFN2O/c1-12-6-14(23-17-4-2-13(21)7-15(17)20)3-5-16(12)22-9-18(8-19)10-24-11-18/h2-7,22-23H,8-11H2,1H3. The van der Waals surface area contributed by atoms with E-state index in [2.05, 4.69) is 33.5 Å². The highest BCUT2D eigenvalue weighted by molar-refractivity contribution is 9.09. The normalized spacial score (nSPS) is 15.7. The molecule has 3 rings (SSSR count). The largest absolute Gasteiger partial charge is 0.384 e. The molecule has 1 aliphatic heterocycles. The van der Waals surface area contributed by atoms with E-state index in [1.54, 1.807) is 6.07 Å². The van der Waals surface area contributed by atoms with Crippen LogP contribution in [0.1, 0.15) is 5.56 Å². The van der Waals surface area contributed by atoms with Crippen LogP contribution in [0.15, 0.2) is 36.4 Å². The van der Waals surface area contributed by atoms with Gasteiger partial charge in [-0.1, -0.05) is 27.5 Å². The maximum absolute atomic E-state index is 13.1. The van der Waals surface area contributed by atoms with Gasteiger partial charge < -0.3 is 15.4 Å². The molecule has 0 atom stereocenters. The van der Waals surface area contributed by atoms with E-state index in [4.69, 9.17) is 16.3 Å². The monoisotopic (exact) mass is 412 g/mol. The van der Waals surface area contributed by atoms with Crippen LogP contribution in [-0.4, -0.2) is 25.1 Å². The average Bonchev–Trinajstić information content (AvgIpc) is 2.51. The third kappa shape index (κ3) is 3.85. The van der Waals surface area contributed by atoms with Crippen LogP contribution in [0.2, 0.25) is 5.02 Å². The summed E-state index contributed by atoms with van der Waals surface area (Å²) in [6, 6.07) is 10.4. The number of halogens is 3. The number of aryl methyl sites for hydroxylation is 1.